The Morgan fingerprint density at radius 2 is 1.95 bits per heavy atom. The van der Waals surface area contributed by atoms with Gasteiger partial charge < -0.3 is 10.6 Å². The van der Waals surface area contributed by atoms with Crippen LogP contribution in [-0.2, 0) is 10.2 Å². The highest BCUT2D eigenvalue weighted by Crippen LogP contribution is 2.33. The fourth-order valence-corrected chi connectivity index (χ4v) is 2.72. The van der Waals surface area contributed by atoms with Crippen LogP contribution in [0.2, 0.25) is 0 Å². The van der Waals surface area contributed by atoms with E-state index in [1.54, 1.807) is 0 Å². The van der Waals surface area contributed by atoms with Crippen molar-refractivity contribution in [1.29, 1.82) is 0 Å². The van der Waals surface area contributed by atoms with E-state index in [9.17, 15) is 4.79 Å². The van der Waals surface area contributed by atoms with Crippen molar-refractivity contribution in [3.63, 3.8) is 0 Å². The molecule has 0 saturated carbocycles. The Morgan fingerprint density at radius 3 is 2.53 bits per heavy atom. The van der Waals surface area contributed by atoms with Crippen LogP contribution >= 0.6 is 0 Å². The van der Waals surface area contributed by atoms with Crippen molar-refractivity contribution in [2.45, 2.75) is 44.6 Å². The van der Waals surface area contributed by atoms with Gasteiger partial charge >= 0.3 is 0 Å². The van der Waals surface area contributed by atoms with Gasteiger partial charge in [-0.3, -0.25) is 4.79 Å². The topological polar surface area (TPSA) is 41.1 Å². The number of carbonyl (C=O) groups is 1. The molecule has 3 nitrogen and oxygen atoms in total. The molecule has 2 N–H and O–H groups in total. The van der Waals surface area contributed by atoms with E-state index >= 15 is 0 Å². The molecule has 3 heteroatoms. The van der Waals surface area contributed by atoms with Gasteiger partial charge in [0.2, 0.25) is 5.91 Å². The molecular weight excluding hydrogens is 236 g/mol. The highest BCUT2D eigenvalue weighted by atomic mass is 16.2. The predicted octanol–water partition coefficient (Wildman–Crippen LogP) is 2.22. The van der Waals surface area contributed by atoms with Crippen molar-refractivity contribution in [1.82, 2.24) is 10.6 Å². The van der Waals surface area contributed by atoms with Crippen LogP contribution in [0.3, 0.4) is 0 Å². The second kappa shape index (κ2) is 6.20. The van der Waals surface area contributed by atoms with Crippen LogP contribution in [0.5, 0.6) is 0 Å². The Morgan fingerprint density at radius 1 is 1.32 bits per heavy atom. The Bertz CT molecular complexity index is 410. The fraction of sp³-hybridized carbons (Fsp3) is 0.562. The highest BCUT2D eigenvalue weighted by Gasteiger charge is 2.41. The van der Waals surface area contributed by atoms with Crippen molar-refractivity contribution in [2.24, 2.45) is 0 Å². The molecule has 2 rings (SSSR count). The van der Waals surface area contributed by atoms with Crippen LogP contribution in [0.25, 0.3) is 0 Å². The molecule has 0 aromatic heterocycles. The van der Waals surface area contributed by atoms with Crippen molar-refractivity contribution >= 4 is 5.91 Å². The van der Waals surface area contributed by atoms with E-state index in [0.29, 0.717) is 0 Å². The molecular formula is C16H24N2O. The Kier molecular flexibility index (Phi) is 4.59. The first-order valence-corrected chi connectivity index (χ1v) is 7.26. The summed E-state index contributed by atoms with van der Waals surface area (Å²) in [6.45, 7) is 5.98. The van der Waals surface area contributed by atoms with Gasteiger partial charge in [0.1, 0.15) is 0 Å². The quantitative estimate of drug-likeness (QED) is 0.871. The third-order valence-corrected chi connectivity index (χ3v) is 4.21. The molecule has 1 amide bonds. The first kappa shape index (κ1) is 14.1. The van der Waals surface area contributed by atoms with Gasteiger partial charge in [0.15, 0.2) is 0 Å². The Hall–Kier alpha value is -1.35. The standard InChI is InChI=1S/C16H24N2O/c1-3-13(2)18-15(19)16(9-11-17-12-10-16)14-7-5-4-6-8-14/h4-8,13,17H,3,9-12H2,1-2H3,(H,18,19). The van der Waals surface area contributed by atoms with Crippen molar-refractivity contribution in [3.8, 4) is 0 Å². The number of piperidine rings is 1. The second-order valence-electron chi connectivity index (χ2n) is 5.48. The molecule has 1 heterocycles. The van der Waals surface area contributed by atoms with Crippen LogP contribution < -0.4 is 10.6 Å². The molecule has 0 aliphatic carbocycles. The van der Waals surface area contributed by atoms with Crippen LogP contribution in [0.4, 0.5) is 0 Å². The van der Waals surface area contributed by atoms with E-state index in [0.717, 1.165) is 37.9 Å². The van der Waals surface area contributed by atoms with Gasteiger partial charge in [0.05, 0.1) is 5.41 Å². The summed E-state index contributed by atoms with van der Waals surface area (Å²) in [5.41, 5.74) is 0.799. The van der Waals surface area contributed by atoms with E-state index in [-0.39, 0.29) is 17.4 Å². The largest absolute Gasteiger partial charge is 0.353 e. The molecule has 1 unspecified atom stereocenters. The van der Waals surface area contributed by atoms with E-state index in [1.165, 1.54) is 0 Å². The number of benzene rings is 1. The summed E-state index contributed by atoms with van der Waals surface area (Å²) in [6.07, 6.45) is 2.72. The zero-order chi connectivity index (χ0) is 13.7. The third-order valence-electron chi connectivity index (χ3n) is 4.21. The maximum atomic E-state index is 12.8. The van der Waals surface area contributed by atoms with Crippen LogP contribution in [-0.4, -0.2) is 25.0 Å². The van der Waals surface area contributed by atoms with Crippen LogP contribution in [0.15, 0.2) is 30.3 Å². The van der Waals surface area contributed by atoms with Gasteiger partial charge in [-0.25, -0.2) is 0 Å². The monoisotopic (exact) mass is 260 g/mol. The lowest BCUT2D eigenvalue weighted by Gasteiger charge is -2.37. The molecule has 1 aliphatic heterocycles. The number of rotatable bonds is 4. The lowest BCUT2D eigenvalue weighted by atomic mass is 9.72. The lowest BCUT2D eigenvalue weighted by molar-refractivity contribution is -0.128. The van der Waals surface area contributed by atoms with Crippen LogP contribution in [0.1, 0.15) is 38.7 Å². The molecule has 1 atom stereocenters. The van der Waals surface area contributed by atoms with Gasteiger partial charge in [0, 0.05) is 6.04 Å². The molecule has 0 spiro atoms. The molecule has 1 fully saturated rings. The summed E-state index contributed by atoms with van der Waals surface area (Å²) in [7, 11) is 0. The summed E-state index contributed by atoms with van der Waals surface area (Å²) in [5, 5.41) is 6.52. The normalized spacial score (nSPS) is 19.7. The molecule has 1 aromatic rings. The summed E-state index contributed by atoms with van der Waals surface area (Å²) in [6, 6.07) is 10.5. The number of hydrogen-bond donors (Lipinski definition) is 2. The maximum Gasteiger partial charge on any atom is 0.230 e. The fourth-order valence-electron chi connectivity index (χ4n) is 2.72. The summed E-state index contributed by atoms with van der Waals surface area (Å²) in [4.78, 5) is 12.8. The highest BCUT2D eigenvalue weighted by molar-refractivity contribution is 5.88. The van der Waals surface area contributed by atoms with Crippen molar-refractivity contribution < 1.29 is 4.79 Å². The molecule has 1 aliphatic rings. The van der Waals surface area contributed by atoms with Gasteiger partial charge in [-0.15, -0.1) is 0 Å². The number of carbonyl (C=O) groups excluding carboxylic acids is 1. The molecule has 0 radical (unpaired) electrons. The Balaban J connectivity index is 2.27. The van der Waals surface area contributed by atoms with Gasteiger partial charge in [0.25, 0.3) is 0 Å². The van der Waals surface area contributed by atoms with E-state index < -0.39 is 0 Å². The summed E-state index contributed by atoms with van der Waals surface area (Å²) < 4.78 is 0. The van der Waals surface area contributed by atoms with E-state index in [4.69, 9.17) is 0 Å². The summed E-state index contributed by atoms with van der Waals surface area (Å²) >= 11 is 0. The first-order chi connectivity index (χ1) is 9.19. The minimum absolute atomic E-state index is 0.189. The van der Waals surface area contributed by atoms with E-state index in [2.05, 4.69) is 36.6 Å². The lowest BCUT2D eigenvalue weighted by Crippen LogP contribution is -2.52. The summed E-state index contributed by atoms with van der Waals surface area (Å²) in [5.74, 6) is 0.189. The first-order valence-electron chi connectivity index (χ1n) is 7.26. The van der Waals surface area contributed by atoms with Gasteiger partial charge in [-0.2, -0.15) is 0 Å². The average molecular weight is 260 g/mol. The molecule has 1 aromatic carbocycles. The molecule has 0 bridgehead atoms. The van der Waals surface area contributed by atoms with Crippen molar-refractivity contribution in [3.05, 3.63) is 35.9 Å². The minimum atomic E-state index is -0.351. The number of amides is 1. The third kappa shape index (κ3) is 2.98. The molecule has 19 heavy (non-hydrogen) atoms. The molecule has 104 valence electrons. The molecule has 1 saturated heterocycles. The number of hydrogen-bond acceptors (Lipinski definition) is 2. The number of nitrogens with one attached hydrogen (secondary N) is 2. The second-order valence-corrected chi connectivity index (χ2v) is 5.48. The zero-order valence-electron chi connectivity index (χ0n) is 11.9. The zero-order valence-corrected chi connectivity index (χ0v) is 11.9. The predicted molar refractivity (Wildman–Crippen MR) is 78.1 cm³/mol. The van der Waals surface area contributed by atoms with E-state index in [1.807, 2.05) is 18.2 Å². The maximum absolute atomic E-state index is 12.8. The minimum Gasteiger partial charge on any atom is -0.353 e. The average Bonchev–Trinajstić information content (AvgIpc) is 2.48. The van der Waals surface area contributed by atoms with Crippen molar-refractivity contribution in [2.75, 3.05) is 13.1 Å². The van der Waals surface area contributed by atoms with Gasteiger partial charge in [-0.05, 0) is 44.8 Å². The smallest absolute Gasteiger partial charge is 0.230 e. The van der Waals surface area contributed by atoms with Gasteiger partial charge in [-0.1, -0.05) is 37.3 Å². The van der Waals surface area contributed by atoms with Crippen LogP contribution in [0, 0.1) is 0 Å². The SMILES string of the molecule is CCC(C)NC(=O)C1(c2ccccc2)CCNCC1. The Labute approximate surface area is 115 Å².